The van der Waals surface area contributed by atoms with Crippen LogP contribution in [0.15, 0.2) is 0 Å². The van der Waals surface area contributed by atoms with Gasteiger partial charge in [-0.25, -0.2) is 0 Å². The molecule has 5 nitrogen and oxygen atoms in total. The van der Waals surface area contributed by atoms with Crippen LogP contribution in [-0.2, 0) is 0 Å². The Bertz CT molecular complexity index is 382. The Morgan fingerprint density at radius 3 is 2.47 bits per heavy atom. The second-order valence-corrected chi connectivity index (χ2v) is 5.25. The summed E-state index contributed by atoms with van der Waals surface area (Å²) in [6.45, 7) is 9.49. The van der Waals surface area contributed by atoms with Crippen molar-refractivity contribution in [1.82, 2.24) is 15.0 Å². The van der Waals surface area contributed by atoms with Crippen molar-refractivity contribution in [2.45, 2.75) is 27.7 Å². The number of aromatic nitrogens is 3. The zero-order chi connectivity index (χ0) is 13.1. The fourth-order valence-corrected chi connectivity index (χ4v) is 1.17. The van der Waals surface area contributed by atoms with Gasteiger partial charge in [0.25, 0.3) is 0 Å². The van der Waals surface area contributed by atoms with Crippen LogP contribution in [-0.4, -0.2) is 28.6 Å². The molecule has 0 aliphatic rings. The van der Waals surface area contributed by atoms with Crippen LogP contribution in [0.3, 0.4) is 0 Å². The van der Waals surface area contributed by atoms with Crippen molar-refractivity contribution in [3.8, 4) is 6.01 Å². The van der Waals surface area contributed by atoms with Gasteiger partial charge in [0.05, 0.1) is 7.11 Å². The zero-order valence-electron chi connectivity index (χ0n) is 10.9. The molecule has 1 N–H and O–H groups in total. The minimum Gasteiger partial charge on any atom is -0.467 e. The molecule has 0 unspecified atom stereocenters. The van der Waals surface area contributed by atoms with Crippen LogP contribution in [0.4, 0.5) is 5.95 Å². The number of nitrogens with one attached hydrogen (secondary N) is 1. The van der Waals surface area contributed by atoms with Crippen molar-refractivity contribution in [3.05, 3.63) is 5.28 Å². The second-order valence-electron chi connectivity index (χ2n) is 4.91. The van der Waals surface area contributed by atoms with Crippen molar-refractivity contribution < 1.29 is 4.74 Å². The molecule has 1 aromatic heterocycles. The molecule has 1 rings (SSSR count). The van der Waals surface area contributed by atoms with Gasteiger partial charge < -0.3 is 10.1 Å². The Kier molecular flexibility index (Phi) is 4.51. The lowest BCUT2D eigenvalue weighted by Gasteiger charge is -2.29. The summed E-state index contributed by atoms with van der Waals surface area (Å²) in [7, 11) is 1.49. The van der Waals surface area contributed by atoms with E-state index in [2.05, 4.69) is 48.0 Å². The molecule has 17 heavy (non-hydrogen) atoms. The van der Waals surface area contributed by atoms with Gasteiger partial charge in [-0.3, -0.25) is 0 Å². The first kappa shape index (κ1) is 14.0. The van der Waals surface area contributed by atoms with E-state index in [4.69, 9.17) is 16.3 Å². The number of hydrogen-bond acceptors (Lipinski definition) is 5. The third-order valence-electron chi connectivity index (χ3n) is 3.04. The summed E-state index contributed by atoms with van der Waals surface area (Å²) in [4.78, 5) is 11.9. The Morgan fingerprint density at radius 2 is 1.94 bits per heavy atom. The molecule has 6 heteroatoms. The van der Waals surface area contributed by atoms with E-state index in [1.807, 2.05) is 0 Å². The third kappa shape index (κ3) is 4.00. The van der Waals surface area contributed by atoms with Gasteiger partial charge in [0.2, 0.25) is 11.2 Å². The largest absolute Gasteiger partial charge is 0.467 e. The fraction of sp³-hybridized carbons (Fsp3) is 0.727. The molecule has 0 aliphatic heterocycles. The van der Waals surface area contributed by atoms with Gasteiger partial charge in [-0.05, 0) is 22.9 Å². The van der Waals surface area contributed by atoms with Crippen molar-refractivity contribution in [2.75, 3.05) is 19.0 Å². The molecular weight excluding hydrogens is 240 g/mol. The van der Waals surface area contributed by atoms with E-state index in [9.17, 15) is 0 Å². The Balaban J connectivity index is 2.72. The molecule has 0 spiro atoms. The highest BCUT2D eigenvalue weighted by atomic mass is 35.5. The first-order chi connectivity index (χ1) is 7.85. The fourth-order valence-electron chi connectivity index (χ4n) is 1.01. The van der Waals surface area contributed by atoms with Gasteiger partial charge >= 0.3 is 6.01 Å². The summed E-state index contributed by atoms with van der Waals surface area (Å²) in [6, 6.07) is 0.217. The maximum atomic E-state index is 5.76. The SMILES string of the molecule is COc1nc(Cl)nc(NCC(C)(C)C(C)C)n1. The van der Waals surface area contributed by atoms with E-state index < -0.39 is 0 Å². The lowest BCUT2D eigenvalue weighted by molar-refractivity contribution is 0.269. The normalized spacial score (nSPS) is 11.7. The molecule has 0 bridgehead atoms. The number of nitrogens with zero attached hydrogens (tertiary/aromatic N) is 3. The van der Waals surface area contributed by atoms with Crippen LogP contribution in [0.1, 0.15) is 27.7 Å². The molecule has 0 saturated heterocycles. The van der Waals surface area contributed by atoms with Gasteiger partial charge in [0, 0.05) is 6.54 Å². The van der Waals surface area contributed by atoms with E-state index in [1.54, 1.807) is 0 Å². The van der Waals surface area contributed by atoms with Crippen LogP contribution in [0.2, 0.25) is 5.28 Å². The Labute approximate surface area is 107 Å². The number of anilines is 1. The highest BCUT2D eigenvalue weighted by molar-refractivity contribution is 6.28. The van der Waals surface area contributed by atoms with Crippen LogP contribution < -0.4 is 10.1 Å². The molecule has 0 radical (unpaired) electrons. The van der Waals surface area contributed by atoms with Crippen LogP contribution in [0.25, 0.3) is 0 Å². The first-order valence-electron chi connectivity index (χ1n) is 5.54. The highest BCUT2D eigenvalue weighted by Gasteiger charge is 2.22. The maximum Gasteiger partial charge on any atom is 0.322 e. The Hall–Kier alpha value is -1.10. The molecule has 1 aromatic rings. The average Bonchev–Trinajstić information content (AvgIpc) is 2.25. The zero-order valence-corrected chi connectivity index (χ0v) is 11.7. The van der Waals surface area contributed by atoms with E-state index in [-0.39, 0.29) is 16.7 Å². The lowest BCUT2D eigenvalue weighted by Crippen LogP contribution is -2.29. The monoisotopic (exact) mass is 258 g/mol. The van der Waals surface area contributed by atoms with Crippen LogP contribution in [0, 0.1) is 11.3 Å². The van der Waals surface area contributed by atoms with E-state index in [0.29, 0.717) is 11.9 Å². The van der Waals surface area contributed by atoms with Gasteiger partial charge in [-0.1, -0.05) is 27.7 Å². The number of rotatable bonds is 5. The van der Waals surface area contributed by atoms with Crippen molar-refractivity contribution in [1.29, 1.82) is 0 Å². The summed E-state index contributed by atoms with van der Waals surface area (Å²) in [5.41, 5.74) is 0.145. The summed E-state index contributed by atoms with van der Waals surface area (Å²) in [5, 5.41) is 3.28. The molecule has 0 atom stereocenters. The minimum atomic E-state index is 0.127. The quantitative estimate of drug-likeness (QED) is 0.880. The van der Waals surface area contributed by atoms with Crippen LogP contribution in [0.5, 0.6) is 6.01 Å². The van der Waals surface area contributed by atoms with Gasteiger partial charge in [-0.2, -0.15) is 15.0 Å². The predicted octanol–water partition coefficient (Wildman–Crippen LogP) is 2.63. The molecule has 96 valence electrons. The standard InChI is InChI=1S/C11H19ClN4O/c1-7(2)11(3,4)6-13-9-14-8(12)15-10(16-9)17-5/h7H,6H2,1-5H3,(H,13,14,15,16). The molecular formula is C11H19ClN4O. The van der Waals surface area contributed by atoms with Crippen molar-refractivity contribution >= 4 is 17.5 Å². The number of hydrogen-bond donors (Lipinski definition) is 1. The predicted molar refractivity (Wildman–Crippen MR) is 68.5 cm³/mol. The summed E-state index contributed by atoms with van der Waals surface area (Å²) < 4.78 is 4.93. The molecule has 0 aromatic carbocycles. The molecule has 0 saturated carbocycles. The van der Waals surface area contributed by atoms with E-state index >= 15 is 0 Å². The summed E-state index contributed by atoms with van der Waals surface area (Å²) in [5.74, 6) is 0.991. The molecule has 0 aliphatic carbocycles. The van der Waals surface area contributed by atoms with E-state index in [1.165, 1.54) is 7.11 Å². The number of methoxy groups -OCH3 is 1. The lowest BCUT2D eigenvalue weighted by atomic mass is 9.81. The Morgan fingerprint density at radius 1 is 1.29 bits per heavy atom. The van der Waals surface area contributed by atoms with Crippen molar-refractivity contribution in [2.24, 2.45) is 11.3 Å². The molecule has 0 fully saturated rings. The smallest absolute Gasteiger partial charge is 0.322 e. The average molecular weight is 259 g/mol. The van der Waals surface area contributed by atoms with Crippen LogP contribution >= 0.6 is 11.6 Å². The molecule has 0 amide bonds. The minimum absolute atomic E-state index is 0.127. The summed E-state index contributed by atoms with van der Waals surface area (Å²) in [6.07, 6.45) is 0. The third-order valence-corrected chi connectivity index (χ3v) is 3.20. The van der Waals surface area contributed by atoms with E-state index in [0.717, 1.165) is 6.54 Å². The topological polar surface area (TPSA) is 59.9 Å². The van der Waals surface area contributed by atoms with Gasteiger partial charge in [0.15, 0.2) is 0 Å². The highest BCUT2D eigenvalue weighted by Crippen LogP contribution is 2.26. The number of halogens is 1. The number of ether oxygens (including phenoxy) is 1. The molecule has 1 heterocycles. The summed E-state index contributed by atoms with van der Waals surface area (Å²) >= 11 is 5.76. The van der Waals surface area contributed by atoms with Crippen molar-refractivity contribution in [3.63, 3.8) is 0 Å². The first-order valence-corrected chi connectivity index (χ1v) is 5.92. The van der Waals surface area contributed by atoms with Gasteiger partial charge in [0.1, 0.15) is 0 Å². The maximum absolute atomic E-state index is 5.76. The van der Waals surface area contributed by atoms with Gasteiger partial charge in [-0.15, -0.1) is 0 Å². The second kappa shape index (κ2) is 5.49.